The molecule has 12 heteroatoms. The van der Waals surface area contributed by atoms with Gasteiger partial charge in [-0.2, -0.15) is 0 Å². The van der Waals surface area contributed by atoms with E-state index in [9.17, 15) is 18.8 Å². The molecule has 2 fully saturated rings. The summed E-state index contributed by atoms with van der Waals surface area (Å²) in [6.45, 7) is 5.03. The molecule has 52 heavy (non-hydrogen) atoms. The van der Waals surface area contributed by atoms with Gasteiger partial charge in [0.2, 0.25) is 0 Å². The zero-order chi connectivity index (χ0) is 35.6. The smallest absolute Gasteiger partial charge is 0.337 e. The number of fused-ring (bicyclic) bond motifs is 2. The molecule has 0 radical (unpaired) electrons. The first-order chi connectivity index (χ1) is 25.4. The lowest BCUT2D eigenvalue weighted by Gasteiger charge is -2.30. The van der Waals surface area contributed by atoms with Gasteiger partial charge in [-0.05, 0) is 92.2 Å². The first-order valence-corrected chi connectivity index (χ1v) is 17.9. The van der Waals surface area contributed by atoms with Crippen LogP contribution in [0.1, 0.15) is 54.2 Å². The fourth-order valence-electron chi connectivity index (χ4n) is 7.49. The molecular weight excluding hydrogens is 659 g/mol. The molecule has 6 aromatic rings. The molecule has 1 saturated heterocycles. The molecule has 8 rings (SSSR count). The van der Waals surface area contributed by atoms with E-state index in [1.165, 1.54) is 20.9 Å². The van der Waals surface area contributed by atoms with Crippen LogP contribution in [0.3, 0.4) is 0 Å². The number of benzene rings is 3. The second kappa shape index (κ2) is 14.6. The quantitative estimate of drug-likeness (QED) is 0.239. The predicted octanol–water partition coefficient (Wildman–Crippen LogP) is 5.01. The van der Waals surface area contributed by atoms with Crippen LogP contribution >= 0.6 is 0 Å². The first-order valence-electron chi connectivity index (χ1n) is 17.9. The average Bonchev–Trinajstić information content (AvgIpc) is 3.45. The third-order valence-corrected chi connectivity index (χ3v) is 10.2. The van der Waals surface area contributed by atoms with E-state index in [4.69, 9.17) is 0 Å². The zero-order valence-electron chi connectivity index (χ0n) is 28.7. The molecule has 4 heterocycles. The van der Waals surface area contributed by atoms with E-state index in [2.05, 4.69) is 54.8 Å². The molecule has 0 atom stereocenters. The largest absolute Gasteiger partial charge is 0.348 e. The number of pyridine rings is 1. The Hall–Kier alpha value is -5.59. The standard InChI is InChI=1S/C40H39FN8O3/c41-29-22-33-37(44-23-29)48(32-6-3-5-28(21-32)27-11-9-26(10-12-27)25-47-19-4-17-42-18-20-47)40(52)49(39(33)51)31-15-13-30(14-16-31)45-38(50)36-24-43-34-7-1-2-8-35(34)46-36/h1-3,5-12,21-24,30-31,42H,4,13-20,25H2,(H,45,50). The number of carbonyl (C=O) groups excluding carboxylic acids is 1. The molecule has 11 nitrogen and oxygen atoms in total. The van der Waals surface area contributed by atoms with Crippen LogP contribution in [0, 0.1) is 5.82 Å². The van der Waals surface area contributed by atoms with Crippen molar-refractivity contribution < 1.29 is 9.18 Å². The van der Waals surface area contributed by atoms with Crippen LogP contribution in [0.15, 0.2) is 101 Å². The van der Waals surface area contributed by atoms with Gasteiger partial charge in [0, 0.05) is 31.7 Å². The average molecular weight is 699 g/mol. The Morgan fingerprint density at radius 2 is 1.65 bits per heavy atom. The van der Waals surface area contributed by atoms with Crippen LogP contribution in [0.25, 0.3) is 38.9 Å². The summed E-state index contributed by atoms with van der Waals surface area (Å²) in [5.41, 5.74) is 4.22. The van der Waals surface area contributed by atoms with Crippen LogP contribution in [0.5, 0.6) is 0 Å². The van der Waals surface area contributed by atoms with Crippen LogP contribution in [0.2, 0.25) is 0 Å². The molecule has 2 N–H and O–H groups in total. The number of nitrogens with one attached hydrogen (secondary N) is 2. The van der Waals surface area contributed by atoms with Gasteiger partial charge in [0.25, 0.3) is 11.5 Å². The highest BCUT2D eigenvalue weighted by Gasteiger charge is 2.28. The highest BCUT2D eigenvalue weighted by molar-refractivity contribution is 5.94. The lowest BCUT2D eigenvalue weighted by molar-refractivity contribution is 0.0917. The lowest BCUT2D eigenvalue weighted by Crippen LogP contribution is -2.45. The number of para-hydroxylation sites is 2. The molecule has 3 aromatic carbocycles. The van der Waals surface area contributed by atoms with Gasteiger partial charge in [-0.3, -0.25) is 24.0 Å². The number of aromatic nitrogens is 5. The van der Waals surface area contributed by atoms with Crippen molar-refractivity contribution >= 4 is 28.0 Å². The van der Waals surface area contributed by atoms with Crippen LogP contribution < -0.4 is 21.9 Å². The Balaban J connectivity index is 1.05. The number of halogens is 1. The number of amides is 1. The van der Waals surface area contributed by atoms with Gasteiger partial charge < -0.3 is 10.6 Å². The van der Waals surface area contributed by atoms with E-state index in [1.807, 2.05) is 42.5 Å². The number of hydrogen-bond donors (Lipinski definition) is 2. The van der Waals surface area contributed by atoms with Crippen molar-refractivity contribution in [3.63, 3.8) is 0 Å². The molecular formula is C40H39FN8O3. The molecule has 0 spiro atoms. The van der Waals surface area contributed by atoms with Crippen molar-refractivity contribution in [2.24, 2.45) is 0 Å². The Morgan fingerprint density at radius 1 is 0.846 bits per heavy atom. The Kier molecular flexibility index (Phi) is 9.40. The number of nitrogens with zero attached hydrogens (tertiary/aromatic N) is 6. The molecule has 0 bridgehead atoms. The number of carbonyl (C=O) groups is 1. The predicted molar refractivity (Wildman–Crippen MR) is 198 cm³/mol. The maximum absolute atomic E-state index is 14.6. The van der Waals surface area contributed by atoms with Gasteiger partial charge in [-0.25, -0.2) is 23.7 Å². The Morgan fingerprint density at radius 3 is 2.48 bits per heavy atom. The molecule has 1 saturated carbocycles. The van der Waals surface area contributed by atoms with Gasteiger partial charge in [-0.1, -0.05) is 48.5 Å². The van der Waals surface area contributed by atoms with E-state index in [1.54, 1.807) is 6.07 Å². The van der Waals surface area contributed by atoms with Gasteiger partial charge in [0.1, 0.15) is 11.5 Å². The molecule has 1 aliphatic carbocycles. The van der Waals surface area contributed by atoms with Gasteiger partial charge in [0.15, 0.2) is 5.65 Å². The summed E-state index contributed by atoms with van der Waals surface area (Å²) >= 11 is 0. The molecule has 0 unspecified atom stereocenters. The fraction of sp³-hybridized carbons (Fsp3) is 0.300. The van der Waals surface area contributed by atoms with E-state index in [0.717, 1.165) is 62.5 Å². The van der Waals surface area contributed by atoms with E-state index >= 15 is 0 Å². The maximum atomic E-state index is 14.6. The minimum absolute atomic E-state index is 0.0309. The third kappa shape index (κ3) is 6.87. The van der Waals surface area contributed by atoms with Gasteiger partial charge in [0.05, 0.1) is 34.5 Å². The van der Waals surface area contributed by atoms with Crippen molar-refractivity contribution in [3.05, 3.63) is 129 Å². The topological polar surface area (TPSA) is 127 Å². The summed E-state index contributed by atoms with van der Waals surface area (Å²) in [6.07, 6.45) is 5.66. The summed E-state index contributed by atoms with van der Waals surface area (Å²) in [5, 5.41) is 6.52. The van der Waals surface area contributed by atoms with Crippen molar-refractivity contribution in [2.45, 2.75) is 50.7 Å². The maximum Gasteiger partial charge on any atom is 0.337 e. The Bertz CT molecular complexity index is 2380. The summed E-state index contributed by atoms with van der Waals surface area (Å²) in [4.78, 5) is 56.8. The highest BCUT2D eigenvalue weighted by Crippen LogP contribution is 2.29. The third-order valence-electron chi connectivity index (χ3n) is 10.2. The normalized spacial score (nSPS) is 18.3. The first kappa shape index (κ1) is 33.5. The SMILES string of the molecule is O=C(NC1CCC(n2c(=O)c3cc(F)cnc3n(-c3cccc(-c4ccc(CN5CCCNCC5)cc4)c3)c2=O)CC1)c1cnc2ccccc2n1. The zero-order valence-corrected chi connectivity index (χ0v) is 28.7. The second-order valence-electron chi connectivity index (χ2n) is 13.7. The monoisotopic (exact) mass is 698 g/mol. The fourth-order valence-corrected chi connectivity index (χ4v) is 7.49. The minimum Gasteiger partial charge on any atom is -0.348 e. The van der Waals surface area contributed by atoms with Crippen molar-refractivity contribution in [1.82, 2.24) is 39.6 Å². The molecule has 1 aliphatic heterocycles. The summed E-state index contributed by atoms with van der Waals surface area (Å²) in [6, 6.07) is 23.9. The molecule has 3 aromatic heterocycles. The van der Waals surface area contributed by atoms with E-state index in [0.29, 0.717) is 42.4 Å². The molecule has 264 valence electrons. The lowest BCUT2D eigenvalue weighted by atomic mass is 9.90. The molecule has 1 amide bonds. The van der Waals surface area contributed by atoms with Gasteiger partial charge in [-0.15, -0.1) is 0 Å². The van der Waals surface area contributed by atoms with Crippen LogP contribution in [0.4, 0.5) is 4.39 Å². The summed E-state index contributed by atoms with van der Waals surface area (Å²) in [5.74, 6) is -0.979. The van der Waals surface area contributed by atoms with E-state index in [-0.39, 0.29) is 28.7 Å². The second-order valence-corrected chi connectivity index (χ2v) is 13.7. The van der Waals surface area contributed by atoms with Crippen LogP contribution in [-0.4, -0.2) is 67.1 Å². The minimum atomic E-state index is -0.658. The van der Waals surface area contributed by atoms with Gasteiger partial charge >= 0.3 is 5.69 Å². The highest BCUT2D eigenvalue weighted by atomic mass is 19.1. The van der Waals surface area contributed by atoms with E-state index < -0.39 is 23.1 Å². The van der Waals surface area contributed by atoms with Crippen molar-refractivity contribution in [1.29, 1.82) is 0 Å². The molecule has 2 aliphatic rings. The van der Waals surface area contributed by atoms with Crippen LogP contribution in [-0.2, 0) is 6.54 Å². The number of rotatable bonds is 7. The van der Waals surface area contributed by atoms with Crippen molar-refractivity contribution in [2.75, 3.05) is 26.2 Å². The Labute approximate surface area is 299 Å². The summed E-state index contributed by atoms with van der Waals surface area (Å²) in [7, 11) is 0. The summed E-state index contributed by atoms with van der Waals surface area (Å²) < 4.78 is 17.2. The number of hydrogen-bond acceptors (Lipinski definition) is 8. The van der Waals surface area contributed by atoms with Crippen molar-refractivity contribution in [3.8, 4) is 16.8 Å².